The first kappa shape index (κ1) is 22.0. The quantitative estimate of drug-likeness (QED) is 0.635. The van der Waals surface area contributed by atoms with Crippen LogP contribution in [0.2, 0.25) is 5.02 Å². The molecule has 0 spiro atoms. The molecule has 1 saturated heterocycles. The molecular weight excluding hydrogens is 396 g/mol. The topological polar surface area (TPSA) is 88.4 Å². The van der Waals surface area contributed by atoms with Gasteiger partial charge in [0.05, 0.1) is 13.2 Å². The zero-order valence-electron chi connectivity index (χ0n) is 16.5. The van der Waals surface area contributed by atoms with Crippen molar-refractivity contribution < 1.29 is 29.5 Å². The second-order valence-corrected chi connectivity index (χ2v) is 7.47. The lowest BCUT2D eigenvalue weighted by Gasteiger charge is -2.42. The van der Waals surface area contributed by atoms with E-state index in [1.54, 1.807) is 12.1 Å². The number of halogens is 1. The van der Waals surface area contributed by atoms with E-state index in [0.29, 0.717) is 18.1 Å². The van der Waals surface area contributed by atoms with E-state index in [1.807, 2.05) is 37.3 Å². The van der Waals surface area contributed by atoms with Crippen molar-refractivity contribution in [2.75, 3.05) is 20.3 Å². The van der Waals surface area contributed by atoms with Gasteiger partial charge in [-0.05, 0) is 48.2 Å². The summed E-state index contributed by atoms with van der Waals surface area (Å²) in [5.74, 6) is 0.817. The lowest BCUT2D eigenvalue weighted by atomic mass is 9.90. The third kappa shape index (κ3) is 4.91. The standard InChI is InChI=1S/C22H27ClO6/c1-3-28-16-7-4-13(5-8-16)10-15-11-14(6-9-17(15)23)21-22(27-2)20(26)19(25)18(12-24)29-21/h4-9,11,18-22,24-26H,3,10,12H2,1-2H3/t18?,19-,20+,21+,22?/m1/s1. The molecular formula is C22H27ClO6. The smallest absolute Gasteiger partial charge is 0.119 e. The number of methoxy groups -OCH3 is 1. The van der Waals surface area contributed by atoms with Crippen molar-refractivity contribution in [1.29, 1.82) is 0 Å². The van der Waals surface area contributed by atoms with Gasteiger partial charge in [0.1, 0.15) is 36.3 Å². The monoisotopic (exact) mass is 422 g/mol. The van der Waals surface area contributed by atoms with Crippen molar-refractivity contribution in [3.63, 3.8) is 0 Å². The summed E-state index contributed by atoms with van der Waals surface area (Å²) in [6, 6.07) is 13.3. The predicted molar refractivity (Wildman–Crippen MR) is 109 cm³/mol. The molecule has 7 heteroatoms. The fraction of sp³-hybridized carbons (Fsp3) is 0.455. The highest BCUT2D eigenvalue weighted by atomic mass is 35.5. The van der Waals surface area contributed by atoms with E-state index in [-0.39, 0.29) is 0 Å². The number of hydrogen-bond acceptors (Lipinski definition) is 6. The fourth-order valence-electron chi connectivity index (χ4n) is 3.62. The average Bonchev–Trinajstić information content (AvgIpc) is 2.73. The molecule has 0 bridgehead atoms. The van der Waals surface area contributed by atoms with Crippen LogP contribution in [0.1, 0.15) is 29.7 Å². The number of hydrogen-bond donors (Lipinski definition) is 3. The molecule has 3 rings (SSSR count). The highest BCUT2D eigenvalue weighted by molar-refractivity contribution is 6.31. The third-order valence-corrected chi connectivity index (χ3v) is 5.54. The second kappa shape index (κ2) is 9.89. The summed E-state index contributed by atoms with van der Waals surface area (Å²) in [5.41, 5.74) is 2.73. The van der Waals surface area contributed by atoms with Gasteiger partial charge < -0.3 is 29.5 Å². The van der Waals surface area contributed by atoms with E-state index >= 15 is 0 Å². The molecule has 158 valence electrons. The summed E-state index contributed by atoms with van der Waals surface area (Å²) in [6.07, 6.45) is -4.11. The van der Waals surface area contributed by atoms with Gasteiger partial charge in [-0.1, -0.05) is 35.9 Å². The summed E-state index contributed by atoms with van der Waals surface area (Å²) < 4.78 is 16.7. The van der Waals surface area contributed by atoms with Crippen molar-refractivity contribution in [3.05, 3.63) is 64.2 Å². The Morgan fingerprint density at radius 1 is 1.07 bits per heavy atom. The van der Waals surface area contributed by atoms with Crippen LogP contribution < -0.4 is 4.74 Å². The second-order valence-electron chi connectivity index (χ2n) is 7.06. The number of aliphatic hydroxyl groups is 3. The molecule has 0 radical (unpaired) electrons. The molecule has 2 unspecified atom stereocenters. The molecule has 0 saturated carbocycles. The van der Waals surface area contributed by atoms with E-state index in [0.717, 1.165) is 22.4 Å². The maximum atomic E-state index is 10.4. The van der Waals surface area contributed by atoms with E-state index in [4.69, 9.17) is 25.8 Å². The summed E-state index contributed by atoms with van der Waals surface area (Å²) >= 11 is 6.42. The normalized spacial score (nSPS) is 27.0. The Morgan fingerprint density at radius 2 is 1.79 bits per heavy atom. The number of rotatable bonds is 7. The van der Waals surface area contributed by atoms with Gasteiger partial charge >= 0.3 is 0 Å². The fourth-order valence-corrected chi connectivity index (χ4v) is 3.80. The van der Waals surface area contributed by atoms with Crippen LogP contribution in [0.3, 0.4) is 0 Å². The van der Waals surface area contributed by atoms with Gasteiger partial charge in [-0.3, -0.25) is 0 Å². The molecule has 6 nitrogen and oxygen atoms in total. The van der Waals surface area contributed by atoms with Crippen molar-refractivity contribution in [2.24, 2.45) is 0 Å². The minimum atomic E-state index is -1.23. The van der Waals surface area contributed by atoms with E-state index in [9.17, 15) is 15.3 Å². The highest BCUT2D eigenvalue weighted by Gasteiger charge is 2.45. The third-order valence-electron chi connectivity index (χ3n) is 5.17. The average molecular weight is 423 g/mol. The van der Waals surface area contributed by atoms with Crippen molar-refractivity contribution in [1.82, 2.24) is 0 Å². The van der Waals surface area contributed by atoms with Gasteiger partial charge in [0.15, 0.2) is 0 Å². The van der Waals surface area contributed by atoms with Crippen molar-refractivity contribution in [2.45, 2.75) is 43.9 Å². The Kier molecular flexibility index (Phi) is 7.51. The molecule has 3 N–H and O–H groups in total. The molecule has 0 aliphatic carbocycles. The molecule has 1 aliphatic rings. The Morgan fingerprint density at radius 3 is 2.41 bits per heavy atom. The Labute approximate surface area is 175 Å². The summed E-state index contributed by atoms with van der Waals surface area (Å²) in [6.45, 7) is 2.15. The molecule has 1 fully saturated rings. The van der Waals surface area contributed by atoms with Crippen LogP contribution in [-0.4, -0.2) is 60.1 Å². The lowest BCUT2D eigenvalue weighted by molar-refractivity contribution is -0.238. The van der Waals surface area contributed by atoms with E-state index in [1.165, 1.54) is 7.11 Å². The highest BCUT2D eigenvalue weighted by Crippen LogP contribution is 2.35. The minimum absolute atomic E-state index is 0.405. The van der Waals surface area contributed by atoms with Crippen LogP contribution in [0.25, 0.3) is 0 Å². The summed E-state index contributed by atoms with van der Waals surface area (Å²) in [5, 5.41) is 30.6. The Hall–Kier alpha value is -1.67. The van der Waals surface area contributed by atoms with Crippen LogP contribution in [0.4, 0.5) is 0 Å². The first-order chi connectivity index (χ1) is 14.0. The number of aliphatic hydroxyl groups excluding tert-OH is 3. The van der Waals surface area contributed by atoms with Crippen molar-refractivity contribution in [3.8, 4) is 5.75 Å². The first-order valence-corrected chi connectivity index (χ1v) is 10.0. The molecule has 2 aromatic carbocycles. The maximum Gasteiger partial charge on any atom is 0.119 e. The van der Waals surface area contributed by atoms with Gasteiger partial charge in [-0.15, -0.1) is 0 Å². The Balaban J connectivity index is 1.85. The SMILES string of the molecule is CCOc1ccc(Cc2cc([C@@H]3OC(CO)[C@@H](O)[C@H](O)C3OC)ccc2Cl)cc1. The van der Waals surface area contributed by atoms with Gasteiger partial charge in [-0.25, -0.2) is 0 Å². The molecule has 0 amide bonds. The minimum Gasteiger partial charge on any atom is -0.494 e. The molecule has 2 aromatic rings. The van der Waals surface area contributed by atoms with Crippen LogP contribution in [0.5, 0.6) is 5.75 Å². The van der Waals surface area contributed by atoms with Gasteiger partial charge in [0.2, 0.25) is 0 Å². The van der Waals surface area contributed by atoms with Gasteiger partial charge in [0.25, 0.3) is 0 Å². The van der Waals surface area contributed by atoms with E-state index < -0.39 is 37.1 Å². The zero-order valence-corrected chi connectivity index (χ0v) is 17.2. The molecule has 1 aliphatic heterocycles. The van der Waals surface area contributed by atoms with Crippen LogP contribution >= 0.6 is 11.6 Å². The molecule has 0 aromatic heterocycles. The summed E-state index contributed by atoms with van der Waals surface area (Å²) in [4.78, 5) is 0. The van der Waals surface area contributed by atoms with Gasteiger partial charge in [0, 0.05) is 12.1 Å². The molecule has 1 heterocycles. The number of ether oxygens (including phenoxy) is 3. The molecule has 5 atom stereocenters. The van der Waals surface area contributed by atoms with Crippen LogP contribution in [0.15, 0.2) is 42.5 Å². The zero-order chi connectivity index (χ0) is 21.0. The number of benzene rings is 2. The maximum absolute atomic E-state index is 10.4. The first-order valence-electron chi connectivity index (χ1n) is 9.63. The van der Waals surface area contributed by atoms with Crippen LogP contribution in [0, 0.1) is 0 Å². The van der Waals surface area contributed by atoms with Gasteiger partial charge in [-0.2, -0.15) is 0 Å². The predicted octanol–water partition coefficient (Wildman–Crippen LogP) is 2.50. The molecule has 29 heavy (non-hydrogen) atoms. The van der Waals surface area contributed by atoms with Crippen molar-refractivity contribution >= 4 is 11.6 Å². The van der Waals surface area contributed by atoms with E-state index in [2.05, 4.69) is 0 Å². The lowest BCUT2D eigenvalue weighted by Crippen LogP contribution is -2.55. The van der Waals surface area contributed by atoms with Crippen LogP contribution in [-0.2, 0) is 15.9 Å². The largest absolute Gasteiger partial charge is 0.494 e. The summed E-state index contributed by atoms with van der Waals surface area (Å²) in [7, 11) is 1.45. The Bertz CT molecular complexity index is 796.